The summed E-state index contributed by atoms with van der Waals surface area (Å²) in [5.41, 5.74) is 2.42. The molecule has 0 aliphatic rings. The number of benzene rings is 2. The van der Waals surface area contributed by atoms with Crippen LogP contribution in [0.2, 0.25) is 0 Å². The van der Waals surface area contributed by atoms with Gasteiger partial charge in [-0.1, -0.05) is 67.2 Å². The molecule has 0 amide bonds. The third kappa shape index (κ3) is 5.10. The Kier molecular flexibility index (Phi) is 6.12. The first-order valence-corrected chi connectivity index (χ1v) is 9.39. The Morgan fingerprint density at radius 2 is 1.80 bits per heavy atom. The van der Waals surface area contributed by atoms with E-state index in [0.717, 1.165) is 23.5 Å². The van der Waals surface area contributed by atoms with Gasteiger partial charge in [-0.25, -0.2) is 0 Å². The first-order valence-electron chi connectivity index (χ1n) is 8.41. The van der Waals surface area contributed by atoms with E-state index in [1.807, 2.05) is 37.3 Å². The Morgan fingerprint density at radius 1 is 1.04 bits per heavy atom. The van der Waals surface area contributed by atoms with Crippen molar-refractivity contribution in [1.29, 1.82) is 0 Å². The Morgan fingerprint density at radius 3 is 2.60 bits per heavy atom. The van der Waals surface area contributed by atoms with E-state index in [-0.39, 0.29) is 0 Å². The number of thioether (sulfide) groups is 1. The predicted molar refractivity (Wildman–Crippen MR) is 100 cm³/mol. The average molecular weight is 354 g/mol. The van der Waals surface area contributed by atoms with Gasteiger partial charge in [0, 0.05) is 12.2 Å². The van der Waals surface area contributed by atoms with Crippen LogP contribution in [0.5, 0.6) is 5.75 Å². The lowest BCUT2D eigenvalue weighted by Crippen LogP contribution is -2.01. The fraction of sp³-hybridized carbons (Fsp3) is 0.300. The topological polar surface area (TPSA) is 48.2 Å². The van der Waals surface area contributed by atoms with Crippen molar-refractivity contribution in [1.82, 2.24) is 10.2 Å². The standard InChI is InChI=1S/C20H22N2O2S/c1-15-8-6-7-11-18(15)23-12-13-25-20-22-21-19(24-20)14-16(2)17-9-4-3-5-10-17/h3-11,16H,12-14H2,1-2H3. The van der Waals surface area contributed by atoms with Crippen molar-refractivity contribution in [3.63, 3.8) is 0 Å². The van der Waals surface area contributed by atoms with E-state index >= 15 is 0 Å². The Balaban J connectivity index is 1.45. The highest BCUT2D eigenvalue weighted by atomic mass is 32.2. The molecule has 3 rings (SSSR count). The molecular formula is C20H22N2O2S. The summed E-state index contributed by atoms with van der Waals surface area (Å²) in [7, 11) is 0. The van der Waals surface area contributed by atoms with Crippen LogP contribution in [0.25, 0.3) is 0 Å². The zero-order valence-corrected chi connectivity index (χ0v) is 15.3. The van der Waals surface area contributed by atoms with Crippen LogP contribution in [0.3, 0.4) is 0 Å². The van der Waals surface area contributed by atoms with Crippen molar-refractivity contribution >= 4 is 11.8 Å². The molecular weight excluding hydrogens is 332 g/mol. The number of nitrogens with zero attached hydrogens (tertiary/aromatic N) is 2. The molecule has 130 valence electrons. The smallest absolute Gasteiger partial charge is 0.276 e. The van der Waals surface area contributed by atoms with Gasteiger partial charge in [0.05, 0.1) is 6.61 Å². The molecule has 0 fully saturated rings. The van der Waals surface area contributed by atoms with Gasteiger partial charge in [0.2, 0.25) is 5.89 Å². The van der Waals surface area contributed by atoms with Gasteiger partial charge in [-0.2, -0.15) is 0 Å². The molecule has 1 aromatic heterocycles. The van der Waals surface area contributed by atoms with E-state index in [9.17, 15) is 0 Å². The summed E-state index contributed by atoms with van der Waals surface area (Å²) in [5.74, 6) is 2.72. The molecule has 2 aromatic carbocycles. The number of para-hydroxylation sites is 1. The molecule has 1 unspecified atom stereocenters. The van der Waals surface area contributed by atoms with Crippen molar-refractivity contribution in [2.45, 2.75) is 31.4 Å². The number of aryl methyl sites for hydroxylation is 1. The molecule has 0 aliphatic carbocycles. The second-order valence-corrected chi connectivity index (χ2v) is 6.99. The number of aromatic nitrogens is 2. The first-order chi connectivity index (χ1) is 12.2. The van der Waals surface area contributed by atoms with Gasteiger partial charge in [-0.3, -0.25) is 0 Å². The summed E-state index contributed by atoms with van der Waals surface area (Å²) in [5, 5.41) is 8.87. The maximum atomic E-state index is 5.78. The van der Waals surface area contributed by atoms with Crippen LogP contribution < -0.4 is 4.74 Å². The SMILES string of the molecule is Cc1ccccc1OCCSc1nnc(CC(C)c2ccccc2)o1. The van der Waals surface area contributed by atoms with Crippen molar-refractivity contribution < 1.29 is 9.15 Å². The molecule has 4 nitrogen and oxygen atoms in total. The lowest BCUT2D eigenvalue weighted by atomic mass is 9.98. The zero-order valence-electron chi connectivity index (χ0n) is 14.5. The van der Waals surface area contributed by atoms with Crippen molar-refractivity contribution in [2.75, 3.05) is 12.4 Å². The Bertz CT molecular complexity index is 789. The van der Waals surface area contributed by atoms with Gasteiger partial charge in [0.15, 0.2) is 0 Å². The average Bonchev–Trinajstić information content (AvgIpc) is 3.08. The lowest BCUT2D eigenvalue weighted by molar-refractivity contribution is 0.340. The molecule has 0 radical (unpaired) electrons. The van der Waals surface area contributed by atoms with Crippen LogP contribution in [0.15, 0.2) is 64.2 Å². The summed E-state index contributed by atoms with van der Waals surface area (Å²) >= 11 is 1.52. The maximum absolute atomic E-state index is 5.78. The highest BCUT2D eigenvalue weighted by molar-refractivity contribution is 7.99. The largest absolute Gasteiger partial charge is 0.492 e. The van der Waals surface area contributed by atoms with Crippen molar-refractivity contribution in [3.8, 4) is 5.75 Å². The van der Waals surface area contributed by atoms with Crippen LogP contribution in [0, 0.1) is 6.92 Å². The van der Waals surface area contributed by atoms with Crippen LogP contribution in [-0.4, -0.2) is 22.6 Å². The van der Waals surface area contributed by atoms with Gasteiger partial charge >= 0.3 is 0 Å². The summed E-state index contributed by atoms with van der Waals surface area (Å²) in [6.45, 7) is 4.82. The minimum Gasteiger partial charge on any atom is -0.492 e. The number of hydrogen-bond acceptors (Lipinski definition) is 5. The second-order valence-electron chi connectivity index (χ2n) is 5.94. The molecule has 0 saturated carbocycles. The summed E-state index contributed by atoms with van der Waals surface area (Å²) in [6, 6.07) is 18.4. The molecule has 5 heteroatoms. The molecule has 3 aromatic rings. The molecule has 1 atom stereocenters. The van der Waals surface area contributed by atoms with Gasteiger partial charge in [0.1, 0.15) is 5.75 Å². The van der Waals surface area contributed by atoms with E-state index in [0.29, 0.717) is 23.6 Å². The first kappa shape index (κ1) is 17.5. The minimum absolute atomic E-state index is 0.351. The van der Waals surface area contributed by atoms with Crippen LogP contribution in [0.1, 0.15) is 29.9 Å². The fourth-order valence-electron chi connectivity index (χ4n) is 2.54. The number of ether oxygens (including phenoxy) is 1. The molecule has 0 bridgehead atoms. The molecule has 25 heavy (non-hydrogen) atoms. The van der Waals surface area contributed by atoms with E-state index in [1.165, 1.54) is 17.3 Å². The van der Waals surface area contributed by atoms with Crippen LogP contribution >= 0.6 is 11.8 Å². The monoisotopic (exact) mass is 354 g/mol. The third-order valence-corrected chi connectivity index (χ3v) is 4.74. The van der Waals surface area contributed by atoms with Crippen molar-refractivity contribution in [3.05, 3.63) is 71.6 Å². The normalized spacial score (nSPS) is 12.1. The highest BCUT2D eigenvalue weighted by Crippen LogP contribution is 2.23. The van der Waals surface area contributed by atoms with Gasteiger partial charge in [-0.05, 0) is 30.0 Å². The van der Waals surface area contributed by atoms with Gasteiger partial charge in [-0.15, -0.1) is 10.2 Å². The quantitative estimate of drug-likeness (QED) is 0.425. The van der Waals surface area contributed by atoms with Gasteiger partial charge < -0.3 is 9.15 Å². The molecule has 0 aliphatic heterocycles. The molecule has 0 spiro atoms. The predicted octanol–water partition coefficient (Wildman–Crippen LogP) is 4.90. The van der Waals surface area contributed by atoms with E-state index in [2.05, 4.69) is 41.4 Å². The second kappa shape index (κ2) is 8.72. The number of hydrogen-bond donors (Lipinski definition) is 0. The molecule has 0 N–H and O–H groups in total. The zero-order chi connectivity index (χ0) is 17.5. The third-order valence-electron chi connectivity index (χ3n) is 3.96. The van der Waals surface area contributed by atoms with Crippen molar-refractivity contribution in [2.24, 2.45) is 0 Å². The molecule has 1 heterocycles. The fourth-order valence-corrected chi connectivity index (χ4v) is 3.13. The minimum atomic E-state index is 0.351. The van der Waals surface area contributed by atoms with E-state index in [1.54, 1.807) is 0 Å². The number of rotatable bonds is 8. The Labute approximate surface area is 152 Å². The maximum Gasteiger partial charge on any atom is 0.276 e. The summed E-state index contributed by atoms with van der Waals surface area (Å²) < 4.78 is 11.5. The van der Waals surface area contributed by atoms with E-state index in [4.69, 9.17) is 9.15 Å². The summed E-state index contributed by atoms with van der Waals surface area (Å²) in [4.78, 5) is 0. The summed E-state index contributed by atoms with van der Waals surface area (Å²) in [6.07, 6.45) is 0.747. The van der Waals surface area contributed by atoms with E-state index < -0.39 is 0 Å². The Hall–Kier alpha value is -2.27. The lowest BCUT2D eigenvalue weighted by Gasteiger charge is -2.08. The van der Waals surface area contributed by atoms with Gasteiger partial charge in [0.25, 0.3) is 5.22 Å². The molecule has 0 saturated heterocycles. The van der Waals surface area contributed by atoms with Crippen LogP contribution in [0.4, 0.5) is 0 Å². The highest BCUT2D eigenvalue weighted by Gasteiger charge is 2.12. The van der Waals surface area contributed by atoms with Crippen LogP contribution in [-0.2, 0) is 6.42 Å².